The molecule has 0 saturated carbocycles. The van der Waals surface area contributed by atoms with Crippen LogP contribution in [-0.2, 0) is 9.84 Å². The van der Waals surface area contributed by atoms with E-state index in [0.717, 1.165) is 16.8 Å². The van der Waals surface area contributed by atoms with Crippen molar-refractivity contribution < 1.29 is 17.6 Å². The van der Waals surface area contributed by atoms with Crippen LogP contribution in [0.15, 0.2) is 42.5 Å². The number of rotatable bonds is 2. The number of hydrogen-bond donors (Lipinski definition) is 0. The maximum atomic E-state index is 13.3. The molecule has 2 saturated heterocycles. The summed E-state index contributed by atoms with van der Waals surface area (Å²) in [7, 11) is -3.25. The highest BCUT2D eigenvalue weighted by molar-refractivity contribution is 7.91. The van der Waals surface area contributed by atoms with Crippen LogP contribution < -0.4 is 9.80 Å². The summed E-state index contributed by atoms with van der Waals surface area (Å²) in [4.78, 5) is 16.3. The average molecular weight is 374 g/mol. The van der Waals surface area contributed by atoms with E-state index in [1.54, 1.807) is 4.90 Å². The molecule has 0 aromatic heterocycles. The first kappa shape index (κ1) is 17.0. The monoisotopic (exact) mass is 374 g/mol. The van der Waals surface area contributed by atoms with Crippen molar-refractivity contribution >= 4 is 27.2 Å². The number of hydrogen-bond acceptors (Lipinski definition) is 3. The fourth-order valence-corrected chi connectivity index (χ4v) is 5.80. The van der Waals surface area contributed by atoms with Crippen LogP contribution in [0.5, 0.6) is 0 Å². The Bertz CT molecular complexity index is 988. The van der Waals surface area contributed by atoms with Gasteiger partial charge in [0.2, 0.25) is 0 Å². The normalized spacial score (nSPS) is 24.2. The molecule has 7 heteroatoms. The Morgan fingerprint density at radius 1 is 0.962 bits per heavy atom. The lowest BCUT2D eigenvalue weighted by Crippen LogP contribution is -2.38. The van der Waals surface area contributed by atoms with E-state index in [4.69, 9.17) is 0 Å². The summed E-state index contributed by atoms with van der Waals surface area (Å²) in [5, 5.41) is 0. The second-order valence-corrected chi connectivity index (χ2v) is 9.08. The third-order valence-electron chi connectivity index (χ3n) is 5.31. The minimum atomic E-state index is -3.25. The molecule has 2 amide bonds. The first-order valence-corrected chi connectivity index (χ1v) is 10.3. The van der Waals surface area contributed by atoms with Gasteiger partial charge in [-0.1, -0.05) is 12.1 Å². The van der Waals surface area contributed by atoms with E-state index in [-0.39, 0.29) is 17.5 Å². The van der Waals surface area contributed by atoms with Crippen LogP contribution in [-0.4, -0.2) is 38.0 Å². The lowest BCUT2D eigenvalue weighted by atomic mass is 10.1. The van der Waals surface area contributed by atoms with E-state index >= 15 is 0 Å². The molecule has 5 nitrogen and oxygen atoms in total. The Labute approximate surface area is 152 Å². The molecule has 26 heavy (non-hydrogen) atoms. The maximum Gasteiger partial charge on any atom is 0.329 e. The second kappa shape index (κ2) is 5.81. The maximum absolute atomic E-state index is 13.3. The van der Waals surface area contributed by atoms with Crippen molar-refractivity contribution in [2.45, 2.75) is 25.9 Å². The Morgan fingerprint density at radius 2 is 1.58 bits per heavy atom. The molecular weight excluding hydrogens is 355 g/mol. The average Bonchev–Trinajstić information content (AvgIpc) is 3.01. The van der Waals surface area contributed by atoms with Gasteiger partial charge in [-0.25, -0.2) is 17.6 Å². The van der Waals surface area contributed by atoms with E-state index in [9.17, 15) is 17.6 Å². The van der Waals surface area contributed by atoms with E-state index in [1.807, 2.05) is 32.0 Å². The minimum Gasteiger partial charge on any atom is -0.288 e. The van der Waals surface area contributed by atoms with Crippen LogP contribution in [0, 0.1) is 19.7 Å². The molecule has 0 aliphatic carbocycles. The SMILES string of the molecule is Cc1cccc(N2C(=O)N(c3ccc(F)cc3)[C@H]3CS(=O)(=O)C[C@H]32)c1C. The number of benzene rings is 2. The number of amides is 2. The van der Waals surface area contributed by atoms with Crippen molar-refractivity contribution in [2.75, 3.05) is 21.3 Å². The summed E-state index contributed by atoms with van der Waals surface area (Å²) in [5.74, 6) is -0.543. The van der Waals surface area contributed by atoms with Gasteiger partial charge < -0.3 is 0 Å². The standard InChI is InChI=1S/C19H19FN2O3S/c1-12-4-3-5-16(13(12)2)22-18-11-26(24,25)10-17(18)21(19(22)23)15-8-6-14(20)7-9-15/h3-9,17-18H,10-11H2,1-2H3/t17-,18+/m0/s1. The zero-order valence-corrected chi connectivity index (χ0v) is 15.3. The highest BCUT2D eigenvalue weighted by Crippen LogP contribution is 2.39. The molecule has 2 atom stereocenters. The van der Waals surface area contributed by atoms with Crippen molar-refractivity contribution in [1.29, 1.82) is 0 Å². The molecule has 0 unspecified atom stereocenters. The van der Waals surface area contributed by atoms with Crippen LogP contribution in [0.2, 0.25) is 0 Å². The Morgan fingerprint density at radius 3 is 2.23 bits per heavy atom. The second-order valence-electron chi connectivity index (χ2n) is 6.93. The summed E-state index contributed by atoms with van der Waals surface area (Å²) in [6.45, 7) is 3.89. The summed E-state index contributed by atoms with van der Waals surface area (Å²) in [5.41, 5.74) is 3.22. The largest absolute Gasteiger partial charge is 0.329 e. The van der Waals surface area contributed by atoms with Crippen molar-refractivity contribution in [2.24, 2.45) is 0 Å². The summed E-state index contributed by atoms with van der Waals surface area (Å²) >= 11 is 0. The Balaban J connectivity index is 1.84. The molecule has 2 aromatic carbocycles. The van der Waals surface area contributed by atoms with Crippen molar-refractivity contribution in [3.05, 3.63) is 59.4 Å². The Kier molecular flexibility index (Phi) is 3.80. The molecule has 2 heterocycles. The number of aryl methyl sites for hydroxylation is 1. The molecule has 0 N–H and O–H groups in total. The molecule has 2 aliphatic rings. The van der Waals surface area contributed by atoms with E-state index in [2.05, 4.69) is 0 Å². The lowest BCUT2D eigenvalue weighted by Gasteiger charge is -2.24. The van der Waals surface area contributed by atoms with Gasteiger partial charge in [0.15, 0.2) is 9.84 Å². The molecule has 2 aromatic rings. The molecule has 2 aliphatic heterocycles. The third-order valence-corrected chi connectivity index (χ3v) is 7.01. The van der Waals surface area contributed by atoms with E-state index < -0.39 is 27.7 Å². The van der Waals surface area contributed by atoms with Gasteiger partial charge in [-0.15, -0.1) is 0 Å². The summed E-state index contributed by atoms with van der Waals surface area (Å²) in [6, 6.07) is 10.1. The van der Waals surface area contributed by atoms with Gasteiger partial charge in [0, 0.05) is 11.4 Å². The third kappa shape index (κ3) is 2.58. The van der Waals surface area contributed by atoms with Crippen molar-refractivity contribution in [3.8, 4) is 0 Å². The molecular formula is C19H19FN2O3S. The molecule has 0 spiro atoms. The number of nitrogens with zero attached hydrogens (tertiary/aromatic N) is 2. The smallest absolute Gasteiger partial charge is 0.288 e. The highest BCUT2D eigenvalue weighted by atomic mass is 32.2. The van der Waals surface area contributed by atoms with Crippen molar-refractivity contribution in [1.82, 2.24) is 0 Å². The van der Waals surface area contributed by atoms with Crippen LogP contribution in [0.25, 0.3) is 0 Å². The first-order valence-electron chi connectivity index (χ1n) is 8.43. The predicted octanol–water partition coefficient (Wildman–Crippen LogP) is 3.05. The molecule has 4 rings (SSSR count). The topological polar surface area (TPSA) is 57.7 Å². The molecule has 0 radical (unpaired) electrons. The van der Waals surface area contributed by atoms with Gasteiger partial charge in [-0.3, -0.25) is 9.80 Å². The van der Waals surface area contributed by atoms with Gasteiger partial charge in [-0.2, -0.15) is 0 Å². The van der Waals surface area contributed by atoms with Gasteiger partial charge in [-0.05, 0) is 55.3 Å². The Hall–Kier alpha value is -2.41. The van der Waals surface area contributed by atoms with Gasteiger partial charge in [0.1, 0.15) is 5.82 Å². The van der Waals surface area contributed by atoms with Crippen molar-refractivity contribution in [3.63, 3.8) is 0 Å². The summed E-state index contributed by atoms with van der Waals surface area (Å²) in [6.07, 6.45) is 0. The van der Waals surface area contributed by atoms with Crippen LogP contribution in [0.1, 0.15) is 11.1 Å². The van der Waals surface area contributed by atoms with Crippen LogP contribution >= 0.6 is 0 Å². The van der Waals surface area contributed by atoms with Gasteiger partial charge in [0.05, 0.1) is 23.6 Å². The van der Waals surface area contributed by atoms with Crippen LogP contribution in [0.4, 0.5) is 20.6 Å². The predicted molar refractivity (Wildman–Crippen MR) is 98.9 cm³/mol. The highest BCUT2D eigenvalue weighted by Gasteiger charge is 2.54. The zero-order valence-electron chi connectivity index (χ0n) is 14.5. The quantitative estimate of drug-likeness (QED) is 0.759. The fraction of sp³-hybridized carbons (Fsp3) is 0.316. The van der Waals surface area contributed by atoms with E-state index in [0.29, 0.717) is 5.69 Å². The number of carbonyl (C=O) groups excluding carboxylic acids is 1. The number of halogens is 1. The number of anilines is 2. The zero-order chi connectivity index (χ0) is 18.6. The number of fused-ring (bicyclic) bond motifs is 1. The molecule has 136 valence electrons. The number of sulfone groups is 1. The minimum absolute atomic E-state index is 0.0610. The molecule has 0 bridgehead atoms. The number of urea groups is 1. The molecule has 2 fully saturated rings. The first-order chi connectivity index (χ1) is 12.3. The van der Waals surface area contributed by atoms with Gasteiger partial charge >= 0.3 is 6.03 Å². The summed E-state index contributed by atoms with van der Waals surface area (Å²) < 4.78 is 37.9. The van der Waals surface area contributed by atoms with Crippen LogP contribution in [0.3, 0.4) is 0 Å². The fourth-order valence-electron chi connectivity index (χ4n) is 3.89. The number of carbonyl (C=O) groups is 1. The van der Waals surface area contributed by atoms with E-state index in [1.165, 1.54) is 29.2 Å². The van der Waals surface area contributed by atoms with Gasteiger partial charge in [0.25, 0.3) is 0 Å². The lowest BCUT2D eigenvalue weighted by molar-refractivity contribution is 0.255.